The maximum atomic E-state index is 9.70. The van der Waals surface area contributed by atoms with Crippen molar-refractivity contribution >= 4 is 21.9 Å². The molecule has 0 saturated heterocycles. The van der Waals surface area contributed by atoms with Gasteiger partial charge in [0.25, 0.3) is 0 Å². The van der Waals surface area contributed by atoms with Crippen molar-refractivity contribution < 1.29 is 35.5 Å². The Kier molecular flexibility index (Phi) is 9.81. The van der Waals surface area contributed by atoms with Crippen LogP contribution in [-0.4, -0.2) is 15.0 Å². The molecule has 4 aromatic heterocycles. The predicted molar refractivity (Wildman–Crippen MR) is 257 cm³/mol. The van der Waals surface area contributed by atoms with Crippen LogP contribution in [0.2, 0.25) is 0 Å². The van der Waals surface area contributed by atoms with Crippen molar-refractivity contribution in [2.45, 2.75) is 89.7 Å². The maximum Gasteiger partial charge on any atom is 3.00 e. The van der Waals surface area contributed by atoms with Crippen LogP contribution in [0.3, 0.4) is 0 Å². The van der Waals surface area contributed by atoms with E-state index in [1.807, 2.05) is 73.1 Å². The smallest absolute Gasteiger partial charge is 0.476 e. The summed E-state index contributed by atoms with van der Waals surface area (Å²) >= 11 is 0. The van der Waals surface area contributed by atoms with Gasteiger partial charge in [-0.2, -0.15) is 0 Å². The van der Waals surface area contributed by atoms with Gasteiger partial charge in [0, 0.05) is 29.6 Å². The summed E-state index contributed by atoms with van der Waals surface area (Å²) in [6.45, 7) is 8.57. The minimum absolute atomic E-state index is 0. The number of aryl methyl sites for hydroxylation is 4. The first kappa shape index (κ1) is 34.4. The molecular formula is C59H52IrN3O. The minimum atomic E-state index is -2.55. The van der Waals surface area contributed by atoms with Crippen LogP contribution in [-0.2, 0) is 69.3 Å². The molecule has 1 aliphatic rings. The van der Waals surface area contributed by atoms with Crippen LogP contribution in [0.1, 0.15) is 96.0 Å². The predicted octanol–water partition coefficient (Wildman–Crippen LogP) is 13.9. The number of hydrogen-bond donors (Lipinski definition) is 0. The van der Waals surface area contributed by atoms with Gasteiger partial charge in [0.05, 0.1) is 5.58 Å². The van der Waals surface area contributed by atoms with E-state index in [4.69, 9.17) is 24.9 Å². The number of hydrogen-bond acceptors (Lipinski definition) is 4. The van der Waals surface area contributed by atoms with Crippen LogP contribution in [0.5, 0.6) is 0 Å². The third kappa shape index (κ3) is 9.03. The summed E-state index contributed by atoms with van der Waals surface area (Å²) in [6.07, 6.45) is -2.30. The third-order valence-corrected chi connectivity index (χ3v) is 12.1. The Labute approximate surface area is 402 Å². The molecule has 0 N–H and O–H groups in total. The van der Waals surface area contributed by atoms with Crippen LogP contribution in [0.4, 0.5) is 0 Å². The Balaban J connectivity index is 0.00000640. The minimum Gasteiger partial charge on any atom is -0.476 e. The van der Waals surface area contributed by atoms with E-state index in [0.717, 1.165) is 44.8 Å². The van der Waals surface area contributed by atoms with Crippen molar-refractivity contribution in [1.82, 2.24) is 15.0 Å². The zero-order chi connectivity index (χ0) is 50.1. The Morgan fingerprint density at radius 1 is 0.594 bits per heavy atom. The number of pyridine rings is 3. The van der Waals surface area contributed by atoms with Gasteiger partial charge in [-0.05, 0) is 129 Å². The number of nitrogens with zero attached hydrogens (tertiary/aromatic N) is 3. The molecule has 0 bridgehead atoms. The van der Waals surface area contributed by atoms with Gasteiger partial charge in [-0.25, -0.2) is 0 Å². The van der Waals surface area contributed by atoms with Gasteiger partial charge >= 0.3 is 20.1 Å². The fourth-order valence-corrected chi connectivity index (χ4v) is 8.77. The number of benzene rings is 5. The van der Waals surface area contributed by atoms with Crippen molar-refractivity contribution in [3.63, 3.8) is 0 Å². The fraction of sp³-hybridized carbons (Fsp3) is 0.237. The van der Waals surface area contributed by atoms with Crippen LogP contribution < -0.4 is 0 Å². The average molecular weight is 1020 g/mol. The third-order valence-electron chi connectivity index (χ3n) is 12.1. The van der Waals surface area contributed by atoms with Crippen molar-refractivity contribution in [2.24, 2.45) is 0 Å². The molecule has 10 rings (SSSR count). The quantitative estimate of drug-likeness (QED) is 0.114. The Bertz CT molecular complexity index is 3300. The van der Waals surface area contributed by atoms with E-state index in [1.165, 1.54) is 6.20 Å². The molecule has 0 amide bonds. The molecule has 9 aromatic rings. The summed E-state index contributed by atoms with van der Waals surface area (Å²) in [7, 11) is 0. The van der Waals surface area contributed by atoms with Gasteiger partial charge in [0.1, 0.15) is 5.58 Å². The van der Waals surface area contributed by atoms with Gasteiger partial charge in [0.2, 0.25) is 0 Å². The topological polar surface area (TPSA) is 51.8 Å². The Morgan fingerprint density at radius 3 is 1.77 bits per heavy atom. The van der Waals surface area contributed by atoms with Gasteiger partial charge in [-0.3, -0.25) is 0 Å². The second kappa shape index (κ2) is 18.2. The number of aromatic nitrogens is 3. The summed E-state index contributed by atoms with van der Waals surface area (Å²) in [5, 5.41) is 1.23. The molecule has 64 heavy (non-hydrogen) atoms. The fourth-order valence-electron chi connectivity index (χ4n) is 8.77. The second-order valence-electron chi connectivity index (χ2n) is 17.7. The van der Waals surface area contributed by atoms with Crippen molar-refractivity contribution in [1.29, 1.82) is 0 Å². The summed E-state index contributed by atoms with van der Waals surface area (Å²) in [5.41, 5.74) is 8.82. The first-order chi connectivity index (χ1) is 33.6. The second-order valence-corrected chi connectivity index (χ2v) is 17.7. The van der Waals surface area contributed by atoms with E-state index in [2.05, 4.69) is 64.1 Å². The summed E-state index contributed by atoms with van der Waals surface area (Å²) in [5.74, 6) is 0. The van der Waals surface area contributed by atoms with Gasteiger partial charge in [-0.15, -0.1) is 89.5 Å². The zero-order valence-electron chi connectivity index (χ0n) is 44.3. The van der Waals surface area contributed by atoms with E-state index >= 15 is 0 Å². The molecule has 318 valence electrons. The van der Waals surface area contributed by atoms with Gasteiger partial charge in [0.15, 0.2) is 0 Å². The van der Waals surface area contributed by atoms with E-state index in [9.17, 15) is 5.48 Å². The molecule has 4 heterocycles. The molecule has 0 atom stereocenters. The molecule has 5 heteroatoms. The van der Waals surface area contributed by atoms with E-state index in [-0.39, 0.29) is 60.8 Å². The largest absolute Gasteiger partial charge is 3.00 e. The average Bonchev–Trinajstić information content (AvgIpc) is 3.75. The summed E-state index contributed by atoms with van der Waals surface area (Å²) in [4.78, 5) is 14.3. The Hall–Kier alpha value is -6.00. The van der Waals surface area contributed by atoms with Gasteiger partial charge in [-0.1, -0.05) is 106 Å². The van der Waals surface area contributed by atoms with E-state index in [0.29, 0.717) is 40.5 Å². The molecule has 0 unspecified atom stereocenters. The first-order valence-corrected chi connectivity index (χ1v) is 21.5. The van der Waals surface area contributed by atoms with Crippen LogP contribution >= 0.6 is 0 Å². The zero-order valence-corrected chi connectivity index (χ0v) is 38.7. The SMILES string of the molecule is [2H]C1([2H])CCC([2H])([2H])c2c1ccc1c2oc2cc[c-]c(-c3ccc(C([2H])([2H])C([2H])([2H])c4cc(CC(C)(C)c5ccc(-c6[c-]cccc6)nc5)cc(CC(C)(C)c5ccc(-c6[c-]cccc6)nc5)c4)cn3)c21.[Ir+3]. The summed E-state index contributed by atoms with van der Waals surface area (Å²) < 4.78 is 79.7. The standard InChI is InChI=1S/C59H52N3O.Ir/c1-58(2,47-26-30-52(61-38-47)45-15-7-5-8-16-45)35-42-32-41(33-43(34-42)36-59(3,4)48-27-31-53(62-39-48)46-17-9-6-10-18-46)23-22-40-24-29-54(60-37-40)50-20-13-21-55-56(50)51-28-25-44-14-11-12-19-49(44)57(51)63-55;/h5-10,13,15,17,21,24-34,37-39H,11-12,14,19,22-23,35-36H2,1-4H3;/q-3;+3/i14D2,19D2,22D2,23D2;. The monoisotopic (exact) mass is 1020 g/mol. The molecule has 1 aliphatic carbocycles. The van der Waals surface area contributed by atoms with E-state index < -0.39 is 36.3 Å². The molecule has 0 spiro atoms. The number of rotatable bonds is 12. The number of furan rings is 1. The normalized spacial score (nSPS) is 16.8. The first-order valence-electron chi connectivity index (χ1n) is 25.5. The molecule has 5 aromatic carbocycles. The van der Waals surface area contributed by atoms with Crippen LogP contribution in [0.25, 0.3) is 55.7 Å². The van der Waals surface area contributed by atoms with Gasteiger partial charge < -0.3 is 19.4 Å². The van der Waals surface area contributed by atoms with Crippen LogP contribution in [0, 0.1) is 18.2 Å². The molecular weight excluding hydrogens is 959 g/mol. The van der Waals surface area contributed by atoms with Crippen molar-refractivity contribution in [3.05, 3.63) is 209 Å². The molecule has 4 nitrogen and oxygen atoms in total. The summed E-state index contributed by atoms with van der Waals surface area (Å²) in [6, 6.07) is 49.1. The molecule has 0 saturated carbocycles. The molecule has 0 aliphatic heterocycles. The van der Waals surface area contributed by atoms with E-state index in [1.54, 1.807) is 48.5 Å². The maximum absolute atomic E-state index is 9.70. The molecule has 0 fully saturated rings. The van der Waals surface area contributed by atoms with Crippen LogP contribution in [0.15, 0.2) is 150 Å². The van der Waals surface area contributed by atoms with Crippen molar-refractivity contribution in [3.8, 4) is 33.8 Å². The number of fused-ring (bicyclic) bond motifs is 5. The van der Waals surface area contributed by atoms with Crippen molar-refractivity contribution in [2.75, 3.05) is 0 Å². The Morgan fingerprint density at radius 2 is 1.19 bits per heavy atom. The molecule has 0 radical (unpaired) electrons.